The Labute approximate surface area is 214 Å². The van der Waals surface area contributed by atoms with Gasteiger partial charge in [-0.1, -0.05) is 18.8 Å². The van der Waals surface area contributed by atoms with E-state index in [0.29, 0.717) is 42.2 Å². The number of carbonyl (C=O) groups is 3. The normalized spacial score (nSPS) is 24.3. The molecule has 3 rings (SSSR count). The van der Waals surface area contributed by atoms with Crippen molar-refractivity contribution >= 4 is 34.7 Å². The molecule has 1 aromatic rings. The Bertz CT molecular complexity index is 944. The van der Waals surface area contributed by atoms with Crippen LogP contribution in [0, 0.1) is 29.1 Å². The van der Waals surface area contributed by atoms with Crippen molar-refractivity contribution in [2.75, 3.05) is 4.90 Å². The Morgan fingerprint density at radius 1 is 1.00 bits per heavy atom. The van der Waals surface area contributed by atoms with Crippen molar-refractivity contribution in [3.05, 3.63) is 15.8 Å². The summed E-state index contributed by atoms with van der Waals surface area (Å²) in [6.07, 6.45) is 6.10. The quantitative estimate of drug-likeness (QED) is 0.499. The first kappa shape index (κ1) is 29.1. The first-order chi connectivity index (χ1) is 16.3. The molecular formula is C28H41NO5S. The van der Waals surface area contributed by atoms with Crippen LogP contribution in [0.2, 0.25) is 0 Å². The lowest BCUT2D eigenvalue weighted by atomic mass is 9.81. The third kappa shape index (κ3) is 9.09. The SMILES string of the molecule is CC(C)=O.CC1CCC(C(=O)N(c2cc(C#CC(C)(C)C)sc2C(=O)O)C2CCC(O)CC2)CC1. The Balaban J connectivity index is 0.00000100. The number of nitrogens with zero attached hydrogens (tertiary/aromatic N) is 1. The molecule has 0 atom stereocenters. The van der Waals surface area contributed by atoms with Crippen molar-refractivity contribution in [1.82, 2.24) is 0 Å². The first-order valence-corrected chi connectivity index (χ1v) is 13.5. The third-order valence-electron chi connectivity index (χ3n) is 6.36. The summed E-state index contributed by atoms with van der Waals surface area (Å²) in [4.78, 5) is 37.9. The predicted octanol–water partition coefficient (Wildman–Crippen LogP) is 5.90. The van der Waals surface area contributed by atoms with Crippen molar-refractivity contribution < 1.29 is 24.6 Å². The Kier molecular flexibility index (Phi) is 10.5. The fraction of sp³-hybridized carbons (Fsp3) is 0.679. The Hall–Kier alpha value is -2.17. The predicted molar refractivity (Wildman–Crippen MR) is 141 cm³/mol. The second kappa shape index (κ2) is 12.7. The minimum atomic E-state index is -1.02. The molecule has 194 valence electrons. The van der Waals surface area contributed by atoms with Gasteiger partial charge in [0.15, 0.2) is 0 Å². The molecule has 0 unspecified atom stereocenters. The highest BCUT2D eigenvalue weighted by atomic mass is 32.1. The van der Waals surface area contributed by atoms with E-state index in [9.17, 15) is 24.6 Å². The van der Waals surface area contributed by atoms with Crippen LogP contribution in [0.4, 0.5) is 5.69 Å². The summed E-state index contributed by atoms with van der Waals surface area (Å²) in [6, 6.07) is 1.72. The van der Waals surface area contributed by atoms with E-state index in [4.69, 9.17) is 0 Å². The van der Waals surface area contributed by atoms with E-state index in [-0.39, 0.29) is 40.0 Å². The largest absolute Gasteiger partial charge is 0.477 e. The van der Waals surface area contributed by atoms with E-state index in [1.165, 1.54) is 13.8 Å². The van der Waals surface area contributed by atoms with Crippen LogP contribution in [-0.4, -0.2) is 40.0 Å². The lowest BCUT2D eigenvalue weighted by Gasteiger charge is -2.38. The number of rotatable bonds is 4. The molecule has 1 heterocycles. The lowest BCUT2D eigenvalue weighted by molar-refractivity contribution is -0.124. The second-order valence-corrected chi connectivity index (χ2v) is 12.2. The summed E-state index contributed by atoms with van der Waals surface area (Å²) >= 11 is 1.15. The molecule has 2 N–H and O–H groups in total. The van der Waals surface area contributed by atoms with Gasteiger partial charge in [0.05, 0.1) is 16.7 Å². The molecule has 0 aromatic carbocycles. The molecule has 2 fully saturated rings. The third-order valence-corrected chi connectivity index (χ3v) is 7.39. The molecule has 6 nitrogen and oxygen atoms in total. The highest BCUT2D eigenvalue weighted by molar-refractivity contribution is 7.15. The Morgan fingerprint density at radius 2 is 1.54 bits per heavy atom. The van der Waals surface area contributed by atoms with Gasteiger partial charge in [0.1, 0.15) is 10.7 Å². The van der Waals surface area contributed by atoms with Crippen LogP contribution in [0.3, 0.4) is 0 Å². The average Bonchev–Trinajstić information content (AvgIpc) is 3.18. The summed E-state index contributed by atoms with van der Waals surface area (Å²) in [6.45, 7) is 11.3. The van der Waals surface area contributed by atoms with Crippen molar-refractivity contribution in [2.24, 2.45) is 17.3 Å². The fourth-order valence-electron chi connectivity index (χ4n) is 4.54. The maximum Gasteiger partial charge on any atom is 0.348 e. The summed E-state index contributed by atoms with van der Waals surface area (Å²) < 4.78 is 0. The molecule has 0 bridgehead atoms. The van der Waals surface area contributed by atoms with E-state index in [1.54, 1.807) is 11.0 Å². The molecule has 2 aliphatic carbocycles. The fourth-order valence-corrected chi connectivity index (χ4v) is 5.38. The minimum Gasteiger partial charge on any atom is -0.477 e. The lowest BCUT2D eigenvalue weighted by Crippen LogP contribution is -2.47. The number of hydrogen-bond donors (Lipinski definition) is 2. The number of aliphatic hydroxyl groups is 1. The maximum absolute atomic E-state index is 13.7. The number of carboxylic acids is 1. The van der Waals surface area contributed by atoms with Crippen molar-refractivity contribution in [1.29, 1.82) is 0 Å². The van der Waals surface area contributed by atoms with Crippen LogP contribution < -0.4 is 4.90 Å². The molecule has 7 heteroatoms. The molecule has 0 saturated heterocycles. The number of amides is 1. The Morgan fingerprint density at radius 3 is 2.03 bits per heavy atom. The standard InChI is InChI=1S/C25H35NO4S.C3H6O/c1-16-5-7-17(8-6-16)23(28)26(18-9-11-19(27)12-10-18)21-15-20(13-14-25(2,3)4)31-22(21)24(29)30;1-3(2)4/h15-19,27H,5-12H2,1-4H3,(H,29,30);1-2H3. The average molecular weight is 504 g/mol. The molecule has 1 aromatic heterocycles. The zero-order valence-corrected chi connectivity index (χ0v) is 22.8. The first-order valence-electron chi connectivity index (χ1n) is 12.7. The summed E-state index contributed by atoms with van der Waals surface area (Å²) in [5.41, 5.74) is 0.294. The number of anilines is 1. The van der Waals surface area contributed by atoms with Gasteiger partial charge >= 0.3 is 5.97 Å². The van der Waals surface area contributed by atoms with E-state index in [1.807, 2.05) is 20.8 Å². The van der Waals surface area contributed by atoms with Crippen molar-refractivity contribution in [2.45, 2.75) is 105 Å². The van der Waals surface area contributed by atoms with Crippen LogP contribution in [0.5, 0.6) is 0 Å². The molecule has 35 heavy (non-hydrogen) atoms. The number of carbonyl (C=O) groups excluding carboxylic acids is 2. The van der Waals surface area contributed by atoms with Gasteiger partial charge in [0, 0.05) is 17.4 Å². The molecule has 2 saturated carbocycles. The number of ketones is 1. The highest BCUT2D eigenvalue weighted by Gasteiger charge is 2.37. The van der Waals surface area contributed by atoms with E-state index >= 15 is 0 Å². The number of Topliss-reactive ketones (excluding diaryl/α,β-unsaturated/α-hetero) is 1. The van der Waals surface area contributed by atoms with Crippen LogP contribution in [0.15, 0.2) is 6.07 Å². The molecule has 2 aliphatic rings. The molecule has 0 radical (unpaired) electrons. The molecule has 0 aliphatic heterocycles. The van der Waals surface area contributed by atoms with Crippen LogP contribution in [0.1, 0.15) is 107 Å². The van der Waals surface area contributed by atoms with Gasteiger partial charge in [-0.05, 0) is 98.0 Å². The summed E-state index contributed by atoms with van der Waals surface area (Å²) in [5, 5.41) is 19.9. The number of hydrogen-bond acceptors (Lipinski definition) is 5. The van der Waals surface area contributed by atoms with Gasteiger partial charge in [-0.15, -0.1) is 11.3 Å². The van der Waals surface area contributed by atoms with Gasteiger partial charge < -0.3 is 19.9 Å². The van der Waals surface area contributed by atoms with Crippen LogP contribution in [-0.2, 0) is 9.59 Å². The van der Waals surface area contributed by atoms with Gasteiger partial charge in [-0.25, -0.2) is 4.79 Å². The topological polar surface area (TPSA) is 94.9 Å². The summed E-state index contributed by atoms with van der Waals surface area (Å²) in [5.74, 6) is 6.06. The number of thiophene rings is 1. The zero-order chi connectivity index (χ0) is 26.3. The monoisotopic (exact) mass is 503 g/mol. The van der Waals surface area contributed by atoms with Gasteiger partial charge in [0.25, 0.3) is 0 Å². The smallest absolute Gasteiger partial charge is 0.348 e. The number of carboxylic acid groups (broad SMARTS) is 1. The maximum atomic E-state index is 13.7. The summed E-state index contributed by atoms with van der Waals surface area (Å²) in [7, 11) is 0. The van der Waals surface area contributed by atoms with E-state index in [2.05, 4.69) is 18.8 Å². The number of aliphatic hydroxyl groups excluding tert-OH is 1. The van der Waals surface area contributed by atoms with Crippen molar-refractivity contribution in [3.63, 3.8) is 0 Å². The van der Waals surface area contributed by atoms with Crippen LogP contribution in [0.25, 0.3) is 0 Å². The minimum absolute atomic E-state index is 0.0453. The second-order valence-electron chi connectivity index (χ2n) is 11.2. The molecule has 0 spiro atoms. The van der Waals surface area contributed by atoms with Gasteiger partial charge in [-0.2, -0.15) is 0 Å². The highest BCUT2D eigenvalue weighted by Crippen LogP contribution is 2.38. The van der Waals surface area contributed by atoms with Gasteiger partial charge in [0.2, 0.25) is 5.91 Å². The number of aromatic carboxylic acids is 1. The van der Waals surface area contributed by atoms with Crippen LogP contribution >= 0.6 is 11.3 Å². The van der Waals surface area contributed by atoms with Gasteiger partial charge in [-0.3, -0.25) is 4.79 Å². The molecule has 1 amide bonds. The van der Waals surface area contributed by atoms with Crippen molar-refractivity contribution in [3.8, 4) is 11.8 Å². The molecular weight excluding hydrogens is 462 g/mol. The van der Waals surface area contributed by atoms with E-state index < -0.39 is 5.97 Å². The zero-order valence-electron chi connectivity index (χ0n) is 22.0. The van der Waals surface area contributed by atoms with E-state index in [0.717, 1.165) is 37.0 Å².